The predicted molar refractivity (Wildman–Crippen MR) is 100 cm³/mol. The Morgan fingerprint density at radius 1 is 1.22 bits per heavy atom. The molecule has 27 heavy (non-hydrogen) atoms. The van der Waals surface area contributed by atoms with Crippen molar-refractivity contribution in [2.45, 2.75) is 26.9 Å². The van der Waals surface area contributed by atoms with Crippen LogP contribution in [0.15, 0.2) is 34.7 Å². The molecule has 0 bridgehead atoms. The van der Waals surface area contributed by atoms with Crippen molar-refractivity contribution in [3.63, 3.8) is 0 Å². The summed E-state index contributed by atoms with van der Waals surface area (Å²) in [4.78, 5) is 23.3. The summed E-state index contributed by atoms with van der Waals surface area (Å²) in [5, 5.41) is 12.7. The summed E-state index contributed by atoms with van der Waals surface area (Å²) in [5.41, 5.74) is 3.89. The molecule has 7 nitrogen and oxygen atoms in total. The number of amides is 1. The van der Waals surface area contributed by atoms with E-state index in [0.29, 0.717) is 17.9 Å². The summed E-state index contributed by atoms with van der Waals surface area (Å²) in [7, 11) is 1.68. The number of nitrogens with one attached hydrogen (secondary N) is 1. The average molecular weight is 370 g/mol. The third-order valence-electron chi connectivity index (χ3n) is 4.72. The second kappa shape index (κ2) is 7.67. The number of ether oxygens (including phenoxy) is 1. The number of carbonyl (C=O) groups is 2. The summed E-state index contributed by atoms with van der Waals surface area (Å²) in [6, 6.07) is 8.50. The van der Waals surface area contributed by atoms with Crippen LogP contribution in [0.1, 0.15) is 37.9 Å². The zero-order chi connectivity index (χ0) is 19.6. The van der Waals surface area contributed by atoms with Crippen LogP contribution in [0, 0.1) is 13.8 Å². The Balaban J connectivity index is 1.78. The van der Waals surface area contributed by atoms with E-state index < -0.39 is 5.97 Å². The van der Waals surface area contributed by atoms with Crippen LogP contribution >= 0.6 is 0 Å². The highest BCUT2D eigenvalue weighted by atomic mass is 16.5. The molecule has 0 aliphatic heterocycles. The van der Waals surface area contributed by atoms with E-state index in [1.54, 1.807) is 13.2 Å². The van der Waals surface area contributed by atoms with Crippen molar-refractivity contribution < 1.29 is 23.8 Å². The van der Waals surface area contributed by atoms with Gasteiger partial charge in [0.05, 0.1) is 13.2 Å². The van der Waals surface area contributed by atoms with Crippen LogP contribution in [0.5, 0.6) is 0 Å². The fourth-order valence-electron chi connectivity index (χ4n) is 3.12. The van der Waals surface area contributed by atoms with E-state index in [2.05, 4.69) is 16.8 Å². The van der Waals surface area contributed by atoms with Crippen molar-refractivity contribution in [1.29, 1.82) is 0 Å². The first-order valence-corrected chi connectivity index (χ1v) is 8.61. The molecule has 0 aliphatic rings. The van der Waals surface area contributed by atoms with Crippen molar-refractivity contribution in [2.24, 2.45) is 0 Å². The van der Waals surface area contributed by atoms with E-state index in [4.69, 9.17) is 14.3 Å². The number of fused-ring (bicyclic) bond motifs is 1. The lowest BCUT2D eigenvalue weighted by atomic mass is 10.1. The SMILES string of the molecule is COCCn1c(C)c(C)c2cc(C(=O)NCc3ccc(C(=O)O)o3)ccc21. The summed E-state index contributed by atoms with van der Waals surface area (Å²) in [6.45, 7) is 5.59. The predicted octanol–water partition coefficient (Wildman–Crippen LogP) is 3.13. The van der Waals surface area contributed by atoms with Crippen LogP contribution in [-0.2, 0) is 17.8 Å². The molecule has 1 amide bonds. The molecule has 0 unspecified atom stereocenters. The molecule has 3 aromatic rings. The molecule has 3 rings (SSSR count). The Labute approximate surface area is 156 Å². The maximum absolute atomic E-state index is 12.5. The number of rotatable bonds is 7. The number of nitrogens with zero attached hydrogens (tertiary/aromatic N) is 1. The van der Waals surface area contributed by atoms with Gasteiger partial charge in [0.25, 0.3) is 5.91 Å². The molecule has 2 N–H and O–H groups in total. The lowest BCUT2D eigenvalue weighted by molar-refractivity contribution is 0.0660. The topological polar surface area (TPSA) is 93.7 Å². The average Bonchev–Trinajstić information content (AvgIpc) is 3.23. The largest absolute Gasteiger partial charge is 0.475 e. The molecule has 2 aromatic heterocycles. The molecule has 0 fully saturated rings. The number of furan rings is 1. The number of hydrogen-bond acceptors (Lipinski definition) is 4. The highest BCUT2D eigenvalue weighted by Crippen LogP contribution is 2.26. The van der Waals surface area contributed by atoms with Crippen LogP contribution in [0.2, 0.25) is 0 Å². The van der Waals surface area contributed by atoms with Gasteiger partial charge in [0, 0.05) is 35.8 Å². The van der Waals surface area contributed by atoms with E-state index in [1.165, 1.54) is 12.1 Å². The lowest BCUT2D eigenvalue weighted by Gasteiger charge is -2.08. The van der Waals surface area contributed by atoms with Crippen molar-refractivity contribution in [1.82, 2.24) is 9.88 Å². The molecular weight excluding hydrogens is 348 g/mol. The minimum absolute atomic E-state index is 0.122. The Morgan fingerprint density at radius 2 is 2.00 bits per heavy atom. The number of aromatic carboxylic acids is 1. The number of carboxylic acid groups (broad SMARTS) is 1. The normalized spacial score (nSPS) is 11.1. The van der Waals surface area contributed by atoms with Crippen LogP contribution in [0.3, 0.4) is 0 Å². The third-order valence-corrected chi connectivity index (χ3v) is 4.72. The summed E-state index contributed by atoms with van der Waals surface area (Å²) >= 11 is 0. The van der Waals surface area contributed by atoms with Gasteiger partial charge in [0.2, 0.25) is 5.76 Å². The fourth-order valence-corrected chi connectivity index (χ4v) is 3.12. The van der Waals surface area contributed by atoms with Gasteiger partial charge in [-0.1, -0.05) is 0 Å². The number of benzene rings is 1. The first-order chi connectivity index (χ1) is 12.9. The molecule has 0 spiro atoms. The minimum atomic E-state index is -1.14. The van der Waals surface area contributed by atoms with E-state index >= 15 is 0 Å². The molecule has 142 valence electrons. The van der Waals surface area contributed by atoms with Gasteiger partial charge in [0.1, 0.15) is 5.76 Å². The Bertz CT molecular complexity index is 999. The van der Waals surface area contributed by atoms with Gasteiger partial charge in [-0.15, -0.1) is 0 Å². The molecular formula is C20H22N2O5. The quantitative estimate of drug-likeness (QED) is 0.666. The van der Waals surface area contributed by atoms with Gasteiger partial charge in [0.15, 0.2) is 0 Å². The molecule has 0 atom stereocenters. The third kappa shape index (κ3) is 3.73. The number of aryl methyl sites for hydroxylation is 1. The molecule has 2 heterocycles. The standard InChI is InChI=1S/C20H22N2O5/c1-12-13(2)22(8-9-26-3)17-6-4-14(10-16(12)17)19(23)21-11-15-5-7-18(27-15)20(24)25/h4-7,10H,8-9,11H2,1-3H3,(H,21,23)(H,24,25). The van der Waals surface area contributed by atoms with Gasteiger partial charge in [-0.05, 0) is 49.7 Å². The molecule has 7 heteroatoms. The smallest absolute Gasteiger partial charge is 0.371 e. The number of hydrogen-bond donors (Lipinski definition) is 2. The first kappa shape index (κ1) is 18.7. The van der Waals surface area contributed by atoms with E-state index in [9.17, 15) is 9.59 Å². The minimum Gasteiger partial charge on any atom is -0.475 e. The Hall–Kier alpha value is -3.06. The van der Waals surface area contributed by atoms with Crippen LogP contribution < -0.4 is 5.32 Å². The number of methoxy groups -OCH3 is 1. The zero-order valence-corrected chi connectivity index (χ0v) is 15.5. The summed E-state index contributed by atoms with van der Waals surface area (Å²) in [6.07, 6.45) is 0. The van der Waals surface area contributed by atoms with Crippen molar-refractivity contribution in [2.75, 3.05) is 13.7 Å². The van der Waals surface area contributed by atoms with Crippen molar-refractivity contribution in [3.8, 4) is 0 Å². The van der Waals surface area contributed by atoms with E-state index in [0.717, 1.165) is 28.7 Å². The first-order valence-electron chi connectivity index (χ1n) is 8.61. The second-order valence-corrected chi connectivity index (χ2v) is 6.34. The monoisotopic (exact) mass is 370 g/mol. The maximum atomic E-state index is 12.5. The Morgan fingerprint density at radius 3 is 2.67 bits per heavy atom. The van der Waals surface area contributed by atoms with E-state index in [1.807, 2.05) is 19.1 Å². The van der Waals surface area contributed by atoms with Crippen LogP contribution in [0.4, 0.5) is 0 Å². The highest BCUT2D eigenvalue weighted by molar-refractivity contribution is 5.99. The Kier molecular flexibility index (Phi) is 5.32. The van der Waals surface area contributed by atoms with E-state index in [-0.39, 0.29) is 18.2 Å². The molecule has 0 saturated heterocycles. The highest BCUT2D eigenvalue weighted by Gasteiger charge is 2.15. The van der Waals surface area contributed by atoms with Crippen LogP contribution in [0.25, 0.3) is 10.9 Å². The fraction of sp³-hybridized carbons (Fsp3) is 0.300. The molecule has 0 saturated carbocycles. The molecule has 0 aliphatic carbocycles. The van der Waals surface area contributed by atoms with Gasteiger partial charge >= 0.3 is 5.97 Å². The number of aromatic nitrogens is 1. The number of carbonyl (C=O) groups excluding carboxylic acids is 1. The van der Waals surface area contributed by atoms with Crippen LogP contribution in [-0.4, -0.2) is 35.3 Å². The van der Waals surface area contributed by atoms with Gasteiger partial charge in [-0.25, -0.2) is 4.79 Å². The molecule has 1 aromatic carbocycles. The van der Waals surface area contributed by atoms with Crippen molar-refractivity contribution >= 4 is 22.8 Å². The summed E-state index contributed by atoms with van der Waals surface area (Å²) < 4.78 is 12.5. The maximum Gasteiger partial charge on any atom is 0.371 e. The van der Waals surface area contributed by atoms with Gasteiger partial charge in [-0.2, -0.15) is 0 Å². The molecule has 0 radical (unpaired) electrons. The number of carboxylic acids is 1. The second-order valence-electron chi connectivity index (χ2n) is 6.34. The lowest BCUT2D eigenvalue weighted by Crippen LogP contribution is -2.22. The summed E-state index contributed by atoms with van der Waals surface area (Å²) in [5.74, 6) is -1.14. The zero-order valence-electron chi connectivity index (χ0n) is 15.5. The van der Waals surface area contributed by atoms with Gasteiger partial charge in [-0.3, -0.25) is 4.79 Å². The van der Waals surface area contributed by atoms with Crippen molar-refractivity contribution in [3.05, 3.63) is 58.7 Å². The van der Waals surface area contributed by atoms with Gasteiger partial charge < -0.3 is 24.1 Å².